The Labute approximate surface area is 114 Å². The minimum atomic E-state index is -0.803. The Bertz CT molecular complexity index is 532. The number of nitrogens with zero attached hydrogens (tertiary/aromatic N) is 1. The predicted molar refractivity (Wildman–Crippen MR) is 71.0 cm³/mol. The Morgan fingerprint density at radius 2 is 2.16 bits per heavy atom. The highest BCUT2D eigenvalue weighted by molar-refractivity contribution is 8.00. The molecule has 19 heavy (non-hydrogen) atoms. The Balaban J connectivity index is 1.92. The minimum absolute atomic E-state index is 0.114. The molecule has 1 aliphatic heterocycles. The normalized spacial score (nSPS) is 35.5. The number of carbonyl (C=O) groups excluding carboxylic acids is 1. The lowest BCUT2D eigenvalue weighted by molar-refractivity contribution is -0.503. The zero-order valence-corrected chi connectivity index (χ0v) is 11.1. The summed E-state index contributed by atoms with van der Waals surface area (Å²) < 4.78 is 5.10. The molecule has 6 heteroatoms. The van der Waals surface area contributed by atoms with Gasteiger partial charge in [0.05, 0.1) is 13.0 Å². The lowest BCUT2D eigenvalue weighted by atomic mass is 9.94. The average molecular weight is 279 g/mol. The maximum absolute atomic E-state index is 11.4. The van der Waals surface area contributed by atoms with Gasteiger partial charge in [-0.2, -0.15) is 11.8 Å². The van der Waals surface area contributed by atoms with E-state index in [0.717, 1.165) is 17.6 Å². The van der Waals surface area contributed by atoms with Gasteiger partial charge < -0.3 is 9.53 Å². The molecule has 5 nitrogen and oxygen atoms in total. The number of thioether (sulfide) groups is 1. The molecule has 0 radical (unpaired) electrons. The first-order chi connectivity index (χ1) is 9.15. The van der Waals surface area contributed by atoms with Crippen LogP contribution in [0.1, 0.15) is 10.8 Å². The molecule has 0 amide bonds. The highest BCUT2D eigenvalue weighted by Gasteiger charge is 2.80. The molecule has 0 spiro atoms. The van der Waals surface area contributed by atoms with Crippen LogP contribution in [0.5, 0.6) is 5.75 Å². The van der Waals surface area contributed by atoms with Gasteiger partial charge in [0.25, 0.3) is 0 Å². The largest absolute Gasteiger partial charge is 0.497 e. The Morgan fingerprint density at radius 3 is 2.63 bits per heavy atom. The molecule has 0 bridgehead atoms. The zero-order valence-electron chi connectivity index (χ0n) is 10.3. The van der Waals surface area contributed by atoms with Crippen LogP contribution in [0, 0.1) is 21.4 Å². The smallest absolute Gasteiger partial charge is 0.232 e. The third-order valence-corrected chi connectivity index (χ3v) is 5.74. The summed E-state index contributed by atoms with van der Waals surface area (Å²) in [5.74, 6) is 1.31. The molecule has 1 aromatic rings. The van der Waals surface area contributed by atoms with Gasteiger partial charge in [-0.1, -0.05) is 12.1 Å². The van der Waals surface area contributed by atoms with E-state index in [1.165, 1.54) is 0 Å². The third kappa shape index (κ3) is 1.59. The number of rotatable bonds is 4. The summed E-state index contributed by atoms with van der Waals surface area (Å²) in [6.07, 6.45) is 0.806. The van der Waals surface area contributed by atoms with Crippen molar-refractivity contribution in [1.82, 2.24) is 0 Å². The van der Waals surface area contributed by atoms with Crippen molar-refractivity contribution in [2.75, 3.05) is 12.9 Å². The van der Waals surface area contributed by atoms with Crippen molar-refractivity contribution in [3.05, 3.63) is 39.9 Å². The first-order valence-electron chi connectivity index (χ1n) is 6.00. The van der Waals surface area contributed by atoms with Crippen LogP contribution in [0.2, 0.25) is 0 Å². The van der Waals surface area contributed by atoms with Crippen LogP contribution in [-0.4, -0.2) is 30.1 Å². The number of aldehydes is 1. The molecule has 2 aliphatic rings. The van der Waals surface area contributed by atoms with Crippen molar-refractivity contribution in [2.45, 2.75) is 11.3 Å². The van der Waals surface area contributed by atoms with Crippen LogP contribution >= 0.6 is 11.8 Å². The highest BCUT2D eigenvalue weighted by atomic mass is 32.2. The van der Waals surface area contributed by atoms with Crippen LogP contribution in [0.25, 0.3) is 0 Å². The molecular formula is C13H13NO4S. The van der Waals surface area contributed by atoms with E-state index in [9.17, 15) is 14.9 Å². The van der Waals surface area contributed by atoms with E-state index in [-0.39, 0.29) is 16.1 Å². The maximum atomic E-state index is 11.4. The second kappa shape index (κ2) is 4.23. The number of ether oxygens (including phenoxy) is 1. The second-order valence-electron chi connectivity index (χ2n) is 4.94. The van der Waals surface area contributed by atoms with Gasteiger partial charge in [0, 0.05) is 15.9 Å². The van der Waals surface area contributed by atoms with E-state index in [1.807, 2.05) is 24.3 Å². The van der Waals surface area contributed by atoms with Crippen LogP contribution in [0.4, 0.5) is 0 Å². The van der Waals surface area contributed by atoms with Gasteiger partial charge in [-0.15, -0.1) is 0 Å². The van der Waals surface area contributed by atoms with Crippen molar-refractivity contribution >= 4 is 18.0 Å². The molecule has 2 fully saturated rings. The van der Waals surface area contributed by atoms with Gasteiger partial charge in [0.2, 0.25) is 6.04 Å². The van der Waals surface area contributed by atoms with E-state index in [4.69, 9.17) is 4.74 Å². The third-order valence-electron chi connectivity index (χ3n) is 4.17. The fourth-order valence-corrected chi connectivity index (χ4v) is 5.00. The monoisotopic (exact) mass is 279 g/mol. The van der Waals surface area contributed by atoms with Crippen LogP contribution < -0.4 is 4.74 Å². The summed E-state index contributed by atoms with van der Waals surface area (Å²) >= 11 is 1.63. The predicted octanol–water partition coefficient (Wildman–Crippen LogP) is 1.94. The van der Waals surface area contributed by atoms with Crippen LogP contribution in [0.3, 0.4) is 0 Å². The van der Waals surface area contributed by atoms with Gasteiger partial charge >= 0.3 is 0 Å². The van der Waals surface area contributed by atoms with Crippen molar-refractivity contribution in [3.63, 3.8) is 0 Å². The fraction of sp³-hybridized carbons (Fsp3) is 0.462. The molecule has 1 aliphatic carbocycles. The first-order valence-corrected chi connectivity index (χ1v) is 7.05. The van der Waals surface area contributed by atoms with Crippen LogP contribution in [-0.2, 0) is 4.79 Å². The second-order valence-corrected chi connectivity index (χ2v) is 6.08. The molecule has 1 heterocycles. The molecule has 0 unspecified atom stereocenters. The number of carbonyl (C=O) groups is 1. The number of benzene rings is 1. The number of nitro groups is 1. The Kier molecular flexibility index (Phi) is 2.78. The summed E-state index contributed by atoms with van der Waals surface area (Å²) in [4.78, 5) is 22.2. The molecule has 1 saturated carbocycles. The van der Waals surface area contributed by atoms with E-state index < -0.39 is 11.5 Å². The van der Waals surface area contributed by atoms with Crippen molar-refractivity contribution in [3.8, 4) is 5.75 Å². The van der Waals surface area contributed by atoms with Crippen molar-refractivity contribution in [1.29, 1.82) is 0 Å². The molecule has 1 saturated heterocycles. The van der Waals surface area contributed by atoms with Gasteiger partial charge in [0.1, 0.15) is 17.5 Å². The number of methoxy groups -OCH3 is 1. The SMILES string of the molecule is COc1ccc([C@H]2SC[C@@H]3[C@@H]([N+](=O)[O-])[C@]23C=O)cc1. The summed E-state index contributed by atoms with van der Waals surface area (Å²) in [5.41, 5.74) is 0.160. The molecule has 0 N–H and O–H groups in total. The van der Waals surface area contributed by atoms with Crippen molar-refractivity contribution < 1.29 is 14.5 Å². The standard InChI is InChI=1S/C13H13NO4S/c1-18-9-4-2-8(3-5-9)12-13(7-15)10(6-19-12)11(13)14(16)17/h2-5,7,10-12H,6H2,1H3/t10-,11-,12-,13-/m1/s1. The van der Waals surface area contributed by atoms with E-state index in [0.29, 0.717) is 5.75 Å². The van der Waals surface area contributed by atoms with Gasteiger partial charge in [-0.05, 0) is 17.7 Å². The number of fused-ring (bicyclic) bond motifs is 1. The van der Waals surface area contributed by atoms with Crippen molar-refractivity contribution in [2.24, 2.45) is 11.3 Å². The molecule has 1 aromatic carbocycles. The quantitative estimate of drug-likeness (QED) is 0.478. The van der Waals surface area contributed by atoms with Gasteiger partial charge in [-0.3, -0.25) is 10.1 Å². The minimum Gasteiger partial charge on any atom is -0.497 e. The molecule has 4 atom stereocenters. The lowest BCUT2D eigenvalue weighted by Gasteiger charge is -2.18. The molecular weight excluding hydrogens is 266 g/mol. The summed E-state index contributed by atoms with van der Waals surface area (Å²) in [6.45, 7) is 0. The first kappa shape index (κ1) is 12.5. The van der Waals surface area contributed by atoms with Gasteiger partial charge in [-0.25, -0.2) is 0 Å². The summed E-state index contributed by atoms with van der Waals surface area (Å²) in [6, 6.07) is 6.72. The Morgan fingerprint density at radius 1 is 1.47 bits per heavy atom. The van der Waals surface area contributed by atoms with E-state index >= 15 is 0 Å². The zero-order chi connectivity index (χ0) is 13.6. The fourth-order valence-electron chi connectivity index (χ4n) is 3.12. The van der Waals surface area contributed by atoms with Crippen LogP contribution in [0.15, 0.2) is 24.3 Å². The summed E-state index contributed by atoms with van der Waals surface area (Å²) in [5, 5.41) is 10.9. The molecule has 3 rings (SSSR count). The lowest BCUT2D eigenvalue weighted by Crippen LogP contribution is -2.21. The average Bonchev–Trinajstić information content (AvgIpc) is 2.95. The molecule has 100 valence electrons. The Hall–Kier alpha value is -1.56. The van der Waals surface area contributed by atoms with Gasteiger partial charge in [0.15, 0.2) is 0 Å². The summed E-state index contributed by atoms with van der Waals surface area (Å²) in [7, 11) is 1.59. The number of hydrogen-bond donors (Lipinski definition) is 0. The van der Waals surface area contributed by atoms with E-state index in [2.05, 4.69) is 0 Å². The maximum Gasteiger partial charge on any atom is 0.232 e. The molecule has 0 aromatic heterocycles. The highest BCUT2D eigenvalue weighted by Crippen LogP contribution is 2.71. The number of hydrogen-bond acceptors (Lipinski definition) is 5. The van der Waals surface area contributed by atoms with E-state index in [1.54, 1.807) is 18.9 Å². The topological polar surface area (TPSA) is 69.4 Å².